The van der Waals surface area contributed by atoms with E-state index >= 15 is 0 Å². The summed E-state index contributed by atoms with van der Waals surface area (Å²) in [4.78, 5) is 21.4. The summed E-state index contributed by atoms with van der Waals surface area (Å²) in [6.45, 7) is 1.86. The van der Waals surface area contributed by atoms with E-state index in [0.717, 1.165) is 12.1 Å². The van der Waals surface area contributed by atoms with Crippen molar-refractivity contribution in [2.45, 2.75) is 19.4 Å². The second-order valence-corrected chi connectivity index (χ2v) is 6.20. The maximum absolute atomic E-state index is 13.7. The number of benzene rings is 1. The van der Waals surface area contributed by atoms with Crippen LogP contribution in [-0.2, 0) is 4.79 Å². The summed E-state index contributed by atoms with van der Waals surface area (Å²) < 4.78 is 31.9. The molecule has 1 atom stereocenters. The average Bonchev–Trinajstić information content (AvgIpc) is 2.99. The van der Waals surface area contributed by atoms with E-state index in [-0.39, 0.29) is 23.7 Å². The molecule has 0 fully saturated rings. The normalized spacial score (nSPS) is 12.0. The first kappa shape index (κ1) is 18.5. The zero-order valence-corrected chi connectivity index (χ0v) is 15.0. The average molecular weight is 376 g/mol. The summed E-state index contributed by atoms with van der Waals surface area (Å²) in [6.07, 6.45) is 1.76. The second kappa shape index (κ2) is 7.52. The fraction of sp³-hybridized carbons (Fsp3) is 0.294. The lowest BCUT2D eigenvalue weighted by molar-refractivity contribution is -0.128. The Bertz CT molecular complexity index is 975. The Morgan fingerprint density at radius 3 is 2.85 bits per heavy atom. The molecule has 1 unspecified atom stereocenters. The van der Waals surface area contributed by atoms with E-state index in [0.29, 0.717) is 29.3 Å². The first-order valence-electron chi connectivity index (χ1n) is 8.14. The van der Waals surface area contributed by atoms with Crippen molar-refractivity contribution in [3.05, 3.63) is 36.0 Å². The topological polar surface area (TPSA) is 96.0 Å². The number of amides is 1. The Kier molecular flexibility index (Phi) is 5.15. The molecule has 0 saturated carbocycles. The van der Waals surface area contributed by atoms with E-state index in [1.807, 2.05) is 6.92 Å². The Hall–Kier alpha value is -3.30. The van der Waals surface area contributed by atoms with Crippen molar-refractivity contribution >= 4 is 22.8 Å². The molecule has 0 aliphatic carbocycles. The Morgan fingerprint density at radius 1 is 1.37 bits per heavy atom. The van der Waals surface area contributed by atoms with Crippen LogP contribution in [0, 0.1) is 11.6 Å². The molecule has 10 heteroatoms. The highest BCUT2D eigenvalue weighted by atomic mass is 19.1. The van der Waals surface area contributed by atoms with Crippen LogP contribution in [0.4, 0.5) is 14.6 Å². The lowest BCUT2D eigenvalue weighted by Gasteiger charge is -2.16. The van der Waals surface area contributed by atoms with Gasteiger partial charge in [-0.05, 0) is 19.1 Å². The first-order valence-corrected chi connectivity index (χ1v) is 8.14. The number of carbonyl (C=O) groups is 1. The number of H-pyrrole nitrogens is 1. The Labute approximate surface area is 153 Å². The molecule has 0 aliphatic heterocycles. The fourth-order valence-electron chi connectivity index (χ4n) is 2.34. The monoisotopic (exact) mass is 376 g/mol. The fourth-order valence-corrected chi connectivity index (χ4v) is 2.34. The minimum absolute atomic E-state index is 0.0110. The van der Waals surface area contributed by atoms with Gasteiger partial charge in [0.2, 0.25) is 5.91 Å². The van der Waals surface area contributed by atoms with Gasteiger partial charge >= 0.3 is 6.01 Å². The van der Waals surface area contributed by atoms with Gasteiger partial charge in [0.25, 0.3) is 0 Å². The number of anilines is 1. The molecule has 1 amide bonds. The molecule has 27 heavy (non-hydrogen) atoms. The van der Waals surface area contributed by atoms with Crippen molar-refractivity contribution in [1.82, 2.24) is 25.1 Å². The second-order valence-electron chi connectivity index (χ2n) is 6.20. The Morgan fingerprint density at radius 2 is 2.15 bits per heavy atom. The number of ether oxygens (including phenoxy) is 1. The van der Waals surface area contributed by atoms with Gasteiger partial charge in [-0.15, -0.1) is 0 Å². The van der Waals surface area contributed by atoms with Crippen molar-refractivity contribution in [3.8, 4) is 11.8 Å². The predicted octanol–water partition coefficient (Wildman–Crippen LogP) is 2.70. The molecule has 2 N–H and O–H groups in total. The van der Waals surface area contributed by atoms with Crippen molar-refractivity contribution in [3.63, 3.8) is 0 Å². The van der Waals surface area contributed by atoms with Crippen molar-refractivity contribution in [2.75, 3.05) is 19.4 Å². The summed E-state index contributed by atoms with van der Waals surface area (Å²) in [6, 6.07) is 2.67. The van der Waals surface area contributed by atoms with E-state index in [2.05, 4.69) is 25.5 Å². The molecule has 1 aromatic carbocycles. The van der Waals surface area contributed by atoms with Crippen LogP contribution in [0.1, 0.15) is 13.3 Å². The molecule has 0 bridgehead atoms. The van der Waals surface area contributed by atoms with Gasteiger partial charge in [-0.25, -0.2) is 13.8 Å². The van der Waals surface area contributed by atoms with Gasteiger partial charge in [0.05, 0.1) is 5.39 Å². The van der Waals surface area contributed by atoms with Crippen molar-refractivity contribution in [2.24, 2.45) is 0 Å². The third kappa shape index (κ3) is 4.27. The van der Waals surface area contributed by atoms with Gasteiger partial charge in [-0.1, -0.05) is 0 Å². The number of aromatic amines is 1. The van der Waals surface area contributed by atoms with Gasteiger partial charge in [-0.3, -0.25) is 9.89 Å². The van der Waals surface area contributed by atoms with Crippen molar-refractivity contribution < 1.29 is 18.3 Å². The van der Waals surface area contributed by atoms with E-state index < -0.39 is 11.6 Å². The van der Waals surface area contributed by atoms with Crippen LogP contribution in [0.2, 0.25) is 0 Å². The minimum Gasteiger partial charge on any atom is -0.421 e. The van der Waals surface area contributed by atoms with E-state index in [1.54, 1.807) is 14.1 Å². The Balaban J connectivity index is 1.75. The number of carbonyl (C=O) groups excluding carboxylic acids is 1. The van der Waals surface area contributed by atoms with Crippen LogP contribution in [0.15, 0.2) is 24.4 Å². The standard InChI is InChI=1S/C17H18F2N6O2/c1-9(6-14(26)25(2)3)21-15-11-8-20-17(22-16(11)24-23-15)27-13-5-4-10(18)7-12(13)19/h4-5,7-9H,6H2,1-3H3,(H2,20,21,22,23,24). The van der Waals surface area contributed by atoms with Crippen LogP contribution in [-0.4, -0.2) is 51.1 Å². The largest absolute Gasteiger partial charge is 0.421 e. The molecular weight excluding hydrogens is 358 g/mol. The van der Waals surface area contributed by atoms with Crippen LogP contribution >= 0.6 is 0 Å². The van der Waals surface area contributed by atoms with E-state index in [9.17, 15) is 13.6 Å². The van der Waals surface area contributed by atoms with Crippen LogP contribution < -0.4 is 10.1 Å². The lowest BCUT2D eigenvalue weighted by Crippen LogP contribution is -2.28. The quantitative estimate of drug-likeness (QED) is 0.687. The number of rotatable bonds is 6. The molecule has 0 radical (unpaired) electrons. The van der Waals surface area contributed by atoms with E-state index in [1.165, 1.54) is 11.1 Å². The molecular formula is C17H18F2N6O2. The first-order chi connectivity index (χ1) is 12.8. The van der Waals surface area contributed by atoms with Gasteiger partial charge in [-0.2, -0.15) is 10.1 Å². The molecule has 3 aromatic rings. The smallest absolute Gasteiger partial charge is 0.324 e. The molecule has 142 valence electrons. The molecule has 0 aliphatic rings. The van der Waals surface area contributed by atoms with Gasteiger partial charge in [0, 0.05) is 38.8 Å². The number of halogens is 2. The predicted molar refractivity (Wildman–Crippen MR) is 94.5 cm³/mol. The summed E-state index contributed by atoms with van der Waals surface area (Å²) in [5.41, 5.74) is 0.371. The van der Waals surface area contributed by atoms with Crippen LogP contribution in [0.5, 0.6) is 11.8 Å². The highest BCUT2D eigenvalue weighted by Gasteiger charge is 2.15. The zero-order chi connectivity index (χ0) is 19.6. The maximum atomic E-state index is 13.7. The lowest BCUT2D eigenvalue weighted by atomic mass is 10.2. The number of hydrogen-bond donors (Lipinski definition) is 2. The third-order valence-electron chi connectivity index (χ3n) is 3.75. The molecule has 0 saturated heterocycles. The zero-order valence-electron chi connectivity index (χ0n) is 15.0. The van der Waals surface area contributed by atoms with Crippen LogP contribution in [0.3, 0.4) is 0 Å². The summed E-state index contributed by atoms with van der Waals surface area (Å²) in [5.74, 6) is -1.27. The maximum Gasteiger partial charge on any atom is 0.324 e. The SMILES string of the molecule is CC(CC(=O)N(C)C)Nc1n[nH]c2nc(Oc3ccc(F)cc3F)ncc12. The minimum atomic E-state index is -0.856. The summed E-state index contributed by atoms with van der Waals surface area (Å²) in [7, 11) is 3.39. The van der Waals surface area contributed by atoms with Gasteiger partial charge in [0.1, 0.15) is 5.82 Å². The summed E-state index contributed by atoms with van der Waals surface area (Å²) >= 11 is 0. The van der Waals surface area contributed by atoms with Crippen molar-refractivity contribution in [1.29, 1.82) is 0 Å². The molecule has 2 aromatic heterocycles. The third-order valence-corrected chi connectivity index (χ3v) is 3.75. The highest BCUT2D eigenvalue weighted by molar-refractivity contribution is 5.86. The van der Waals surface area contributed by atoms with Gasteiger partial charge in [0.15, 0.2) is 23.0 Å². The van der Waals surface area contributed by atoms with E-state index in [4.69, 9.17) is 4.74 Å². The molecule has 2 heterocycles. The highest BCUT2D eigenvalue weighted by Crippen LogP contribution is 2.25. The molecule has 0 spiro atoms. The number of aromatic nitrogens is 4. The number of hydrogen-bond acceptors (Lipinski definition) is 6. The number of fused-ring (bicyclic) bond motifs is 1. The summed E-state index contributed by atoms with van der Waals surface area (Å²) in [5, 5.41) is 10.6. The van der Waals surface area contributed by atoms with Gasteiger partial charge < -0.3 is 15.0 Å². The number of nitrogens with zero attached hydrogens (tertiary/aromatic N) is 4. The molecule has 8 nitrogen and oxygen atoms in total. The number of nitrogens with one attached hydrogen (secondary N) is 2. The molecule has 3 rings (SSSR count). The van der Waals surface area contributed by atoms with Crippen LogP contribution in [0.25, 0.3) is 11.0 Å².